The van der Waals surface area contributed by atoms with E-state index in [2.05, 4.69) is 25.8 Å². The lowest BCUT2D eigenvalue weighted by Crippen LogP contribution is -2.38. The van der Waals surface area contributed by atoms with E-state index < -0.39 is 5.82 Å². The van der Waals surface area contributed by atoms with Crippen LogP contribution in [0, 0.1) is 5.82 Å². The quantitative estimate of drug-likeness (QED) is 0.224. The number of aliphatic imine (C=N–C) groups is 1. The maximum atomic E-state index is 14.0. The molecule has 0 amide bonds. The smallest absolute Gasteiger partial charge is 0.228 e. The highest BCUT2D eigenvalue weighted by atomic mass is 127. The van der Waals surface area contributed by atoms with Crippen molar-refractivity contribution in [2.45, 2.75) is 26.3 Å². The Kier molecular flexibility index (Phi) is 10.2. The molecule has 1 aromatic heterocycles. The molecule has 7 nitrogen and oxygen atoms in total. The number of benzene rings is 2. The van der Waals surface area contributed by atoms with Gasteiger partial charge in [-0.05, 0) is 43.7 Å². The zero-order valence-corrected chi connectivity index (χ0v) is 21.1. The second-order valence-corrected chi connectivity index (χ2v) is 7.23. The predicted molar refractivity (Wildman–Crippen MR) is 134 cm³/mol. The zero-order valence-electron chi connectivity index (χ0n) is 18.1. The van der Waals surface area contributed by atoms with E-state index in [1.165, 1.54) is 13.2 Å². The molecular weight excluding hydrogens is 548 g/mol. The molecular formula is C22H26ClFIN5O2. The van der Waals surface area contributed by atoms with E-state index in [1.54, 1.807) is 18.2 Å². The molecule has 0 bridgehead atoms. The van der Waals surface area contributed by atoms with Crippen LogP contribution in [0.15, 0.2) is 52.0 Å². The van der Waals surface area contributed by atoms with Gasteiger partial charge in [0.05, 0.1) is 19.7 Å². The number of ether oxygens (including phenoxy) is 1. The Morgan fingerprint density at radius 3 is 2.78 bits per heavy atom. The van der Waals surface area contributed by atoms with Crippen molar-refractivity contribution in [3.8, 4) is 17.1 Å². The Bertz CT molecular complexity index is 1050. The molecule has 1 unspecified atom stereocenters. The zero-order chi connectivity index (χ0) is 22.2. The summed E-state index contributed by atoms with van der Waals surface area (Å²) >= 11 is 6.01. The summed E-state index contributed by atoms with van der Waals surface area (Å²) in [6.45, 7) is 5.04. The van der Waals surface area contributed by atoms with Gasteiger partial charge in [-0.25, -0.2) is 4.39 Å². The van der Waals surface area contributed by atoms with E-state index in [9.17, 15) is 4.39 Å². The Balaban J connectivity index is 0.00000363. The average molecular weight is 574 g/mol. The number of nitrogens with one attached hydrogen (secondary N) is 2. The van der Waals surface area contributed by atoms with Crippen molar-refractivity contribution < 1.29 is 13.7 Å². The number of halogens is 3. The normalized spacial score (nSPS) is 12.1. The fraction of sp³-hybridized carbons (Fsp3) is 0.318. The highest BCUT2D eigenvalue weighted by Gasteiger charge is 2.12. The highest BCUT2D eigenvalue weighted by molar-refractivity contribution is 14.0. The van der Waals surface area contributed by atoms with Crippen molar-refractivity contribution in [3.63, 3.8) is 0 Å². The fourth-order valence-corrected chi connectivity index (χ4v) is 3.12. The molecule has 32 heavy (non-hydrogen) atoms. The first kappa shape index (κ1) is 25.9. The van der Waals surface area contributed by atoms with Gasteiger partial charge in [-0.15, -0.1) is 24.0 Å². The molecule has 2 N–H and O–H groups in total. The number of hydrogen-bond donors (Lipinski definition) is 2. The van der Waals surface area contributed by atoms with E-state index in [1.807, 2.05) is 32.0 Å². The third-order valence-electron chi connectivity index (χ3n) is 4.52. The minimum Gasteiger partial charge on any atom is -0.494 e. The maximum Gasteiger partial charge on any atom is 0.228 e. The number of rotatable bonds is 8. The van der Waals surface area contributed by atoms with Gasteiger partial charge in [0.2, 0.25) is 11.7 Å². The summed E-state index contributed by atoms with van der Waals surface area (Å²) in [6.07, 6.45) is 0.482. The van der Waals surface area contributed by atoms with E-state index in [0.29, 0.717) is 42.2 Å². The molecule has 3 rings (SSSR count). The fourth-order valence-electron chi connectivity index (χ4n) is 2.92. The predicted octanol–water partition coefficient (Wildman–Crippen LogP) is 5.01. The Morgan fingerprint density at radius 2 is 2.09 bits per heavy atom. The summed E-state index contributed by atoms with van der Waals surface area (Å²) in [6, 6.07) is 12.0. The minimum atomic E-state index is -0.400. The van der Waals surface area contributed by atoms with Crippen molar-refractivity contribution in [1.29, 1.82) is 0 Å². The van der Waals surface area contributed by atoms with Crippen LogP contribution in [-0.4, -0.2) is 36.3 Å². The number of methoxy groups -OCH3 is 1. The van der Waals surface area contributed by atoms with Crippen molar-refractivity contribution in [3.05, 3.63) is 64.8 Å². The molecule has 0 saturated carbocycles. The third-order valence-corrected chi connectivity index (χ3v) is 4.75. The second kappa shape index (κ2) is 12.6. The van der Waals surface area contributed by atoms with Gasteiger partial charge in [0, 0.05) is 23.6 Å². The first-order valence-corrected chi connectivity index (χ1v) is 10.3. The third kappa shape index (κ3) is 7.06. The SMILES string of the molecule is CCNC(=NCCc1nc(-c2cccc(Cl)c2)no1)NC(C)c1ccc(OC)c(F)c1.I. The van der Waals surface area contributed by atoms with Crippen LogP contribution in [0.1, 0.15) is 31.3 Å². The molecule has 0 aliphatic heterocycles. The lowest BCUT2D eigenvalue weighted by atomic mass is 10.1. The Morgan fingerprint density at radius 1 is 1.28 bits per heavy atom. The molecule has 172 valence electrons. The number of hydrogen-bond acceptors (Lipinski definition) is 5. The molecule has 2 aromatic carbocycles. The molecule has 1 atom stereocenters. The molecule has 3 aromatic rings. The molecule has 10 heteroatoms. The van der Waals surface area contributed by atoms with Crippen LogP contribution >= 0.6 is 35.6 Å². The van der Waals surface area contributed by atoms with Crippen LogP contribution in [0.25, 0.3) is 11.4 Å². The van der Waals surface area contributed by atoms with E-state index in [-0.39, 0.29) is 35.8 Å². The van der Waals surface area contributed by atoms with Crippen LogP contribution in [0.3, 0.4) is 0 Å². The van der Waals surface area contributed by atoms with Crippen LogP contribution in [0.4, 0.5) is 4.39 Å². The standard InChI is InChI=1S/C22H25ClFN5O2.HI/c1-4-25-22(27-14(2)15-8-9-19(30-3)18(24)13-15)26-11-10-20-28-21(29-31-20)16-6-5-7-17(23)12-16;/h5-9,12-14H,4,10-11H2,1-3H3,(H2,25,26,27);1H. The van der Waals surface area contributed by atoms with Crippen LogP contribution in [-0.2, 0) is 6.42 Å². The van der Waals surface area contributed by atoms with Crippen molar-refractivity contribution >= 4 is 41.5 Å². The van der Waals surface area contributed by atoms with E-state index in [0.717, 1.165) is 11.1 Å². The van der Waals surface area contributed by atoms with Crippen LogP contribution < -0.4 is 15.4 Å². The summed E-state index contributed by atoms with van der Waals surface area (Å²) in [5, 5.41) is 11.1. The molecule has 0 radical (unpaired) electrons. The van der Waals surface area contributed by atoms with Gasteiger partial charge < -0.3 is 19.9 Å². The average Bonchev–Trinajstić information content (AvgIpc) is 3.23. The van der Waals surface area contributed by atoms with Gasteiger partial charge in [-0.2, -0.15) is 4.98 Å². The monoisotopic (exact) mass is 573 g/mol. The molecule has 0 aliphatic carbocycles. The molecule has 0 saturated heterocycles. The summed E-state index contributed by atoms with van der Waals surface area (Å²) in [5.74, 6) is 1.40. The maximum absolute atomic E-state index is 14.0. The number of aromatic nitrogens is 2. The number of nitrogens with zero attached hydrogens (tertiary/aromatic N) is 3. The summed E-state index contributed by atoms with van der Waals surface area (Å²) in [5.41, 5.74) is 1.58. The van der Waals surface area contributed by atoms with Gasteiger partial charge in [0.25, 0.3) is 0 Å². The van der Waals surface area contributed by atoms with E-state index in [4.69, 9.17) is 20.9 Å². The molecule has 0 spiro atoms. The second-order valence-electron chi connectivity index (χ2n) is 6.79. The summed E-state index contributed by atoms with van der Waals surface area (Å²) < 4.78 is 24.3. The Hall–Kier alpha value is -2.40. The minimum absolute atomic E-state index is 0. The van der Waals surface area contributed by atoms with Gasteiger partial charge in [0.15, 0.2) is 17.5 Å². The van der Waals surface area contributed by atoms with Crippen molar-refractivity contribution in [2.75, 3.05) is 20.2 Å². The van der Waals surface area contributed by atoms with Crippen molar-refractivity contribution in [2.24, 2.45) is 4.99 Å². The highest BCUT2D eigenvalue weighted by Crippen LogP contribution is 2.22. The lowest BCUT2D eigenvalue weighted by Gasteiger charge is -2.18. The molecule has 0 aliphatic rings. The van der Waals surface area contributed by atoms with Crippen LogP contribution in [0.5, 0.6) is 5.75 Å². The Labute approximate surface area is 208 Å². The van der Waals surface area contributed by atoms with E-state index >= 15 is 0 Å². The van der Waals surface area contributed by atoms with Gasteiger partial charge in [-0.3, -0.25) is 4.99 Å². The van der Waals surface area contributed by atoms with Gasteiger partial charge >= 0.3 is 0 Å². The van der Waals surface area contributed by atoms with Gasteiger partial charge in [0.1, 0.15) is 0 Å². The first-order chi connectivity index (χ1) is 15.0. The van der Waals surface area contributed by atoms with Crippen LogP contribution in [0.2, 0.25) is 5.02 Å². The molecule has 0 fully saturated rings. The van der Waals surface area contributed by atoms with Crippen molar-refractivity contribution in [1.82, 2.24) is 20.8 Å². The topological polar surface area (TPSA) is 84.6 Å². The summed E-state index contributed by atoms with van der Waals surface area (Å²) in [4.78, 5) is 8.95. The lowest BCUT2D eigenvalue weighted by molar-refractivity contribution is 0.380. The largest absolute Gasteiger partial charge is 0.494 e. The van der Waals surface area contributed by atoms with Gasteiger partial charge in [-0.1, -0.05) is 35.0 Å². The number of guanidine groups is 1. The molecule has 1 heterocycles. The first-order valence-electron chi connectivity index (χ1n) is 9.97. The summed E-state index contributed by atoms with van der Waals surface area (Å²) in [7, 11) is 1.44.